The van der Waals surface area contributed by atoms with E-state index in [9.17, 15) is 4.79 Å². The third-order valence-corrected chi connectivity index (χ3v) is 4.12. The van der Waals surface area contributed by atoms with Crippen LogP contribution in [0.3, 0.4) is 0 Å². The van der Waals surface area contributed by atoms with Crippen LogP contribution in [0.25, 0.3) is 6.08 Å². The summed E-state index contributed by atoms with van der Waals surface area (Å²) in [5.74, 6) is 0.241. The number of carbonyl (C=O) groups excluding carboxylic acids is 1. The second-order valence-electron chi connectivity index (χ2n) is 6.98. The van der Waals surface area contributed by atoms with Crippen LogP contribution in [-0.2, 0) is 4.79 Å². The van der Waals surface area contributed by atoms with Gasteiger partial charge in [0.05, 0.1) is 0 Å². The van der Waals surface area contributed by atoms with Gasteiger partial charge in [-0.05, 0) is 48.1 Å². The molecule has 0 saturated carbocycles. The Labute approximate surface area is 134 Å². The van der Waals surface area contributed by atoms with Gasteiger partial charge in [0.2, 0.25) is 0 Å². The average molecular weight is 297 g/mol. The van der Waals surface area contributed by atoms with E-state index in [1.165, 1.54) is 11.1 Å². The minimum absolute atomic E-state index is 0.0800. The molecular weight excluding hydrogens is 270 g/mol. The molecule has 0 saturated heterocycles. The quantitative estimate of drug-likeness (QED) is 0.854. The third kappa shape index (κ3) is 4.67. The Morgan fingerprint density at radius 3 is 2.45 bits per heavy atom. The lowest BCUT2D eigenvalue weighted by Crippen LogP contribution is -2.21. The molecule has 2 heteroatoms. The predicted molar refractivity (Wildman–Crippen MR) is 93.7 cm³/mol. The molecule has 118 valence electrons. The standard InChI is InChI=1S/C20H27NO/c1-5-21-15(2)18-10-8-16(9-11-18)6-7-17-12-19(22)14-20(3,4)13-17/h6-12,15,21H,5,13-14H2,1-4H3. The van der Waals surface area contributed by atoms with Gasteiger partial charge in [-0.2, -0.15) is 0 Å². The van der Waals surface area contributed by atoms with Crippen LogP contribution < -0.4 is 5.32 Å². The lowest BCUT2D eigenvalue weighted by molar-refractivity contribution is -0.116. The van der Waals surface area contributed by atoms with Gasteiger partial charge >= 0.3 is 0 Å². The maximum atomic E-state index is 11.8. The fourth-order valence-electron chi connectivity index (χ4n) is 3.03. The number of ketones is 1. The number of rotatable bonds is 5. The van der Waals surface area contributed by atoms with Crippen LogP contribution in [0.4, 0.5) is 0 Å². The maximum Gasteiger partial charge on any atom is 0.156 e. The molecule has 22 heavy (non-hydrogen) atoms. The molecule has 0 spiro atoms. The summed E-state index contributed by atoms with van der Waals surface area (Å²) < 4.78 is 0. The zero-order chi connectivity index (χ0) is 16.2. The molecule has 0 heterocycles. The number of carbonyl (C=O) groups is 1. The van der Waals surface area contributed by atoms with Gasteiger partial charge < -0.3 is 5.32 Å². The van der Waals surface area contributed by atoms with E-state index in [1.54, 1.807) is 6.08 Å². The SMILES string of the molecule is CCNC(C)c1ccc(C=CC2=CC(=O)CC(C)(C)C2)cc1. The highest BCUT2D eigenvalue weighted by Crippen LogP contribution is 2.34. The van der Waals surface area contributed by atoms with Crippen LogP contribution in [0.5, 0.6) is 0 Å². The summed E-state index contributed by atoms with van der Waals surface area (Å²) in [5.41, 5.74) is 3.68. The minimum atomic E-state index is 0.0800. The van der Waals surface area contributed by atoms with Crippen molar-refractivity contribution in [1.29, 1.82) is 0 Å². The summed E-state index contributed by atoms with van der Waals surface area (Å²) >= 11 is 0. The third-order valence-electron chi connectivity index (χ3n) is 4.12. The van der Waals surface area contributed by atoms with Crippen LogP contribution in [-0.4, -0.2) is 12.3 Å². The molecule has 0 bridgehead atoms. The number of benzene rings is 1. The van der Waals surface area contributed by atoms with Gasteiger partial charge in [-0.15, -0.1) is 0 Å². The van der Waals surface area contributed by atoms with E-state index in [2.05, 4.69) is 69.4 Å². The molecule has 1 aromatic carbocycles. The topological polar surface area (TPSA) is 29.1 Å². The summed E-state index contributed by atoms with van der Waals surface area (Å²) in [7, 11) is 0. The average Bonchev–Trinajstić information content (AvgIpc) is 2.44. The molecule has 1 unspecified atom stereocenters. The summed E-state index contributed by atoms with van der Waals surface area (Å²) in [5, 5.41) is 3.41. The fraction of sp³-hybridized carbons (Fsp3) is 0.450. The molecule has 0 aliphatic heterocycles. The van der Waals surface area contributed by atoms with Crippen LogP contribution in [0.15, 0.2) is 42.0 Å². The van der Waals surface area contributed by atoms with E-state index >= 15 is 0 Å². The highest BCUT2D eigenvalue weighted by atomic mass is 16.1. The normalized spacial score (nSPS) is 19.3. The van der Waals surface area contributed by atoms with Crippen molar-refractivity contribution in [3.63, 3.8) is 0 Å². The molecular formula is C20H27NO. The summed E-state index contributed by atoms with van der Waals surface area (Å²) in [6.07, 6.45) is 7.60. The Kier molecular flexibility index (Phi) is 5.36. The van der Waals surface area contributed by atoms with Gasteiger partial charge in [-0.25, -0.2) is 0 Å². The molecule has 2 nitrogen and oxygen atoms in total. The number of hydrogen-bond donors (Lipinski definition) is 1. The highest BCUT2D eigenvalue weighted by molar-refractivity contribution is 5.92. The smallest absolute Gasteiger partial charge is 0.156 e. The highest BCUT2D eigenvalue weighted by Gasteiger charge is 2.26. The molecule has 0 amide bonds. The first-order valence-corrected chi connectivity index (χ1v) is 8.14. The van der Waals surface area contributed by atoms with Crippen molar-refractivity contribution < 1.29 is 4.79 Å². The van der Waals surface area contributed by atoms with Gasteiger partial charge in [-0.3, -0.25) is 4.79 Å². The first-order chi connectivity index (χ1) is 10.4. The Morgan fingerprint density at radius 2 is 1.86 bits per heavy atom. The number of nitrogens with one attached hydrogen (secondary N) is 1. The number of allylic oxidation sites excluding steroid dienone is 3. The van der Waals surface area contributed by atoms with Gasteiger partial charge in [0.25, 0.3) is 0 Å². The van der Waals surface area contributed by atoms with E-state index in [-0.39, 0.29) is 11.2 Å². The van der Waals surface area contributed by atoms with E-state index < -0.39 is 0 Å². The first kappa shape index (κ1) is 16.7. The number of hydrogen-bond acceptors (Lipinski definition) is 2. The van der Waals surface area contributed by atoms with Crippen molar-refractivity contribution in [2.45, 2.75) is 46.6 Å². The monoisotopic (exact) mass is 297 g/mol. The molecule has 2 rings (SSSR count). The van der Waals surface area contributed by atoms with Crippen molar-refractivity contribution in [3.05, 3.63) is 53.1 Å². The van der Waals surface area contributed by atoms with Crippen LogP contribution in [0.1, 0.15) is 57.7 Å². The summed E-state index contributed by atoms with van der Waals surface area (Å²) in [4.78, 5) is 11.8. The molecule has 1 aromatic rings. The maximum absolute atomic E-state index is 11.8. The largest absolute Gasteiger partial charge is 0.310 e. The van der Waals surface area contributed by atoms with E-state index in [4.69, 9.17) is 0 Å². The first-order valence-electron chi connectivity index (χ1n) is 8.14. The van der Waals surface area contributed by atoms with E-state index in [0.717, 1.165) is 18.5 Å². The lowest BCUT2D eigenvalue weighted by atomic mass is 9.77. The van der Waals surface area contributed by atoms with Crippen molar-refractivity contribution >= 4 is 11.9 Å². The van der Waals surface area contributed by atoms with Crippen molar-refractivity contribution in [1.82, 2.24) is 5.32 Å². The molecule has 1 aliphatic carbocycles. The molecule has 0 fully saturated rings. The predicted octanol–water partition coefficient (Wildman–Crippen LogP) is 4.69. The van der Waals surface area contributed by atoms with Gasteiger partial charge in [-0.1, -0.05) is 57.2 Å². The second-order valence-corrected chi connectivity index (χ2v) is 6.98. The summed E-state index contributed by atoms with van der Waals surface area (Å²) in [6, 6.07) is 8.98. The summed E-state index contributed by atoms with van der Waals surface area (Å²) in [6.45, 7) is 9.58. The van der Waals surface area contributed by atoms with Crippen LogP contribution in [0.2, 0.25) is 0 Å². The minimum Gasteiger partial charge on any atom is -0.310 e. The Morgan fingerprint density at radius 1 is 1.18 bits per heavy atom. The molecule has 1 atom stereocenters. The van der Waals surface area contributed by atoms with E-state index in [0.29, 0.717) is 12.5 Å². The van der Waals surface area contributed by atoms with E-state index in [1.807, 2.05) is 0 Å². The van der Waals surface area contributed by atoms with Crippen molar-refractivity contribution in [2.75, 3.05) is 6.54 Å². The molecule has 0 aromatic heterocycles. The van der Waals surface area contributed by atoms with Gasteiger partial charge in [0, 0.05) is 12.5 Å². The Hall–Kier alpha value is -1.67. The molecule has 1 N–H and O–H groups in total. The Balaban J connectivity index is 2.06. The lowest BCUT2D eigenvalue weighted by Gasteiger charge is -2.27. The Bertz CT molecular complexity index is 578. The second kappa shape index (κ2) is 7.06. The van der Waals surface area contributed by atoms with Crippen LogP contribution >= 0.6 is 0 Å². The van der Waals surface area contributed by atoms with Crippen molar-refractivity contribution in [3.8, 4) is 0 Å². The van der Waals surface area contributed by atoms with Crippen LogP contribution in [0, 0.1) is 5.41 Å². The fourth-order valence-corrected chi connectivity index (χ4v) is 3.03. The molecule has 0 radical (unpaired) electrons. The van der Waals surface area contributed by atoms with Gasteiger partial charge in [0.1, 0.15) is 0 Å². The molecule has 1 aliphatic rings. The zero-order valence-electron chi connectivity index (χ0n) is 14.1. The van der Waals surface area contributed by atoms with Gasteiger partial charge in [0.15, 0.2) is 5.78 Å². The zero-order valence-corrected chi connectivity index (χ0v) is 14.1. The van der Waals surface area contributed by atoms with Crippen molar-refractivity contribution in [2.24, 2.45) is 5.41 Å².